The fourth-order valence-electron chi connectivity index (χ4n) is 3.09. The molecule has 0 aromatic heterocycles. The number of hydrogen-bond acceptors (Lipinski definition) is 2. The van der Waals surface area contributed by atoms with Gasteiger partial charge >= 0.3 is 0 Å². The third-order valence-corrected chi connectivity index (χ3v) is 6.60. The van der Waals surface area contributed by atoms with Gasteiger partial charge in [-0.15, -0.1) is 0 Å². The van der Waals surface area contributed by atoms with Gasteiger partial charge in [-0.2, -0.15) is 0 Å². The third kappa shape index (κ3) is 3.29. The third-order valence-electron chi connectivity index (χ3n) is 4.03. The smallest absolute Gasteiger partial charge is 0.188 e. The van der Waals surface area contributed by atoms with E-state index >= 15 is 0 Å². The molecular formula is C18H26O2S. The Balaban J connectivity index is 3.53. The van der Waals surface area contributed by atoms with Gasteiger partial charge in [-0.3, -0.25) is 0 Å². The zero-order valence-corrected chi connectivity index (χ0v) is 14.1. The summed E-state index contributed by atoms with van der Waals surface area (Å²) in [7, 11) is -3.44. The molecule has 2 nitrogen and oxygen atoms in total. The first kappa shape index (κ1) is 17.7. The minimum atomic E-state index is -3.44. The molecule has 1 aliphatic carbocycles. The molecular weight excluding hydrogens is 280 g/mol. The molecule has 0 spiro atoms. The molecule has 3 heteroatoms. The Bertz CT molecular complexity index is 581. The highest BCUT2D eigenvalue weighted by molar-refractivity contribution is 7.97. The number of hydrogen-bond donors (Lipinski definition) is 0. The van der Waals surface area contributed by atoms with Crippen molar-refractivity contribution in [3.63, 3.8) is 0 Å². The second kappa shape index (κ2) is 7.60. The summed E-state index contributed by atoms with van der Waals surface area (Å²) in [6, 6.07) is 0. The van der Waals surface area contributed by atoms with E-state index in [4.69, 9.17) is 0 Å². The van der Waals surface area contributed by atoms with Gasteiger partial charge in [0, 0.05) is 0 Å². The SMILES string of the molecule is C=C/C=C(\C=C/C)S(=O)(=O)C1(C(/C=C\C)=C/C)CCCC1. The maximum atomic E-state index is 13.3. The van der Waals surface area contributed by atoms with E-state index in [1.165, 1.54) is 0 Å². The topological polar surface area (TPSA) is 34.1 Å². The average Bonchev–Trinajstić information content (AvgIpc) is 2.95. The summed E-state index contributed by atoms with van der Waals surface area (Å²) >= 11 is 0. The minimum absolute atomic E-state index is 0.353. The average molecular weight is 306 g/mol. The molecule has 0 aromatic carbocycles. The quantitative estimate of drug-likeness (QED) is 0.655. The van der Waals surface area contributed by atoms with Crippen LogP contribution in [0.2, 0.25) is 0 Å². The van der Waals surface area contributed by atoms with Crippen LogP contribution in [0.15, 0.2) is 59.6 Å². The van der Waals surface area contributed by atoms with Crippen molar-refractivity contribution in [1.29, 1.82) is 0 Å². The van der Waals surface area contributed by atoms with Crippen molar-refractivity contribution < 1.29 is 8.42 Å². The van der Waals surface area contributed by atoms with Crippen molar-refractivity contribution >= 4 is 9.84 Å². The molecule has 0 aliphatic heterocycles. The van der Waals surface area contributed by atoms with Gasteiger partial charge in [0.15, 0.2) is 9.84 Å². The first-order valence-corrected chi connectivity index (χ1v) is 8.98. The first-order chi connectivity index (χ1) is 10.00. The van der Waals surface area contributed by atoms with Crippen molar-refractivity contribution in [2.75, 3.05) is 0 Å². The van der Waals surface area contributed by atoms with Crippen LogP contribution in [0.25, 0.3) is 0 Å². The Hall–Kier alpha value is -1.35. The Morgan fingerprint density at radius 2 is 1.62 bits per heavy atom. The zero-order chi connectivity index (χ0) is 15.9. The van der Waals surface area contributed by atoms with Crippen LogP contribution in [0.1, 0.15) is 46.5 Å². The summed E-state index contributed by atoms with van der Waals surface area (Å²) in [5.74, 6) is 0. The molecule has 0 heterocycles. The molecule has 0 radical (unpaired) electrons. The predicted molar refractivity (Wildman–Crippen MR) is 91.8 cm³/mol. The molecule has 0 unspecified atom stereocenters. The Morgan fingerprint density at radius 3 is 2.05 bits per heavy atom. The Morgan fingerprint density at radius 1 is 1.05 bits per heavy atom. The fourth-order valence-corrected chi connectivity index (χ4v) is 5.45. The van der Waals surface area contributed by atoms with Crippen molar-refractivity contribution in [2.24, 2.45) is 0 Å². The van der Waals surface area contributed by atoms with Crippen LogP contribution >= 0.6 is 0 Å². The highest BCUT2D eigenvalue weighted by Crippen LogP contribution is 2.46. The molecule has 1 saturated carbocycles. The van der Waals surface area contributed by atoms with Gasteiger partial charge in [0.1, 0.15) is 4.75 Å². The van der Waals surface area contributed by atoms with Crippen LogP contribution in [0.5, 0.6) is 0 Å². The summed E-state index contributed by atoms with van der Waals surface area (Å²) in [6.07, 6.45) is 15.6. The number of rotatable bonds is 6. The summed E-state index contributed by atoms with van der Waals surface area (Å²) < 4.78 is 25.7. The highest BCUT2D eigenvalue weighted by atomic mass is 32.2. The van der Waals surface area contributed by atoms with Crippen LogP contribution in [-0.4, -0.2) is 13.2 Å². The first-order valence-electron chi connectivity index (χ1n) is 7.49. The Kier molecular flexibility index (Phi) is 6.41. The summed E-state index contributed by atoms with van der Waals surface area (Å²) in [6.45, 7) is 9.31. The fraction of sp³-hybridized carbons (Fsp3) is 0.444. The molecule has 0 N–H and O–H groups in total. The summed E-state index contributed by atoms with van der Waals surface area (Å²) in [5, 5.41) is 0. The minimum Gasteiger partial charge on any atom is -0.223 e. The maximum Gasteiger partial charge on any atom is 0.188 e. The van der Waals surface area contributed by atoms with Crippen LogP contribution < -0.4 is 0 Å². The van der Waals surface area contributed by atoms with Gasteiger partial charge in [-0.25, -0.2) is 8.42 Å². The van der Waals surface area contributed by atoms with Crippen LogP contribution in [-0.2, 0) is 9.84 Å². The molecule has 0 atom stereocenters. The molecule has 0 bridgehead atoms. The highest BCUT2D eigenvalue weighted by Gasteiger charge is 2.48. The largest absolute Gasteiger partial charge is 0.223 e. The molecule has 21 heavy (non-hydrogen) atoms. The van der Waals surface area contributed by atoms with Crippen molar-refractivity contribution in [2.45, 2.75) is 51.2 Å². The van der Waals surface area contributed by atoms with E-state index in [0.29, 0.717) is 17.7 Å². The van der Waals surface area contributed by atoms with Crippen LogP contribution in [0.4, 0.5) is 0 Å². The van der Waals surface area contributed by atoms with Crippen molar-refractivity contribution in [3.8, 4) is 0 Å². The number of sulfone groups is 1. The lowest BCUT2D eigenvalue weighted by Crippen LogP contribution is -2.38. The van der Waals surface area contributed by atoms with Gasteiger partial charge in [0.25, 0.3) is 0 Å². The molecule has 1 fully saturated rings. The molecule has 0 aromatic rings. The van der Waals surface area contributed by atoms with Gasteiger partial charge in [0.2, 0.25) is 0 Å². The van der Waals surface area contributed by atoms with E-state index in [0.717, 1.165) is 18.4 Å². The molecule has 1 aliphatic rings. The van der Waals surface area contributed by atoms with E-state index in [1.807, 2.05) is 39.0 Å². The standard InChI is InChI=1S/C18H26O2S/c1-5-11-16(8-4)18(14-9-10-15-18)21(19,20)17(12-6-2)13-7-3/h5-8,11-13H,2,9-10,14-15H2,1,3-4H3/b11-5-,13-7-,16-8+,17-12+. The van der Waals surface area contributed by atoms with Gasteiger partial charge in [-0.05, 0) is 51.3 Å². The van der Waals surface area contributed by atoms with E-state index in [9.17, 15) is 8.42 Å². The second-order valence-electron chi connectivity index (χ2n) is 5.25. The van der Waals surface area contributed by atoms with Crippen LogP contribution in [0, 0.1) is 0 Å². The monoisotopic (exact) mass is 306 g/mol. The van der Waals surface area contributed by atoms with E-state index in [2.05, 4.69) is 6.58 Å². The van der Waals surface area contributed by atoms with E-state index in [-0.39, 0.29) is 0 Å². The van der Waals surface area contributed by atoms with Gasteiger partial charge in [-0.1, -0.05) is 49.8 Å². The molecule has 0 amide bonds. The lowest BCUT2D eigenvalue weighted by atomic mass is 9.95. The van der Waals surface area contributed by atoms with Crippen molar-refractivity contribution in [3.05, 3.63) is 59.6 Å². The van der Waals surface area contributed by atoms with Gasteiger partial charge < -0.3 is 0 Å². The maximum absolute atomic E-state index is 13.3. The van der Waals surface area contributed by atoms with E-state index < -0.39 is 14.6 Å². The lowest BCUT2D eigenvalue weighted by molar-refractivity contribution is 0.555. The number of allylic oxidation sites excluding steroid dienone is 7. The lowest BCUT2D eigenvalue weighted by Gasteiger charge is -2.31. The summed E-state index contributed by atoms with van der Waals surface area (Å²) in [5.41, 5.74) is 0.905. The van der Waals surface area contributed by atoms with Gasteiger partial charge in [0.05, 0.1) is 4.91 Å². The van der Waals surface area contributed by atoms with Crippen LogP contribution in [0.3, 0.4) is 0 Å². The normalized spacial score (nSPS) is 20.5. The summed E-state index contributed by atoms with van der Waals surface area (Å²) in [4.78, 5) is 0.353. The Labute approximate surface area is 129 Å². The molecule has 0 saturated heterocycles. The van der Waals surface area contributed by atoms with E-state index in [1.54, 1.807) is 24.3 Å². The second-order valence-corrected chi connectivity index (χ2v) is 7.51. The molecule has 116 valence electrons. The molecule has 1 rings (SSSR count). The predicted octanol–water partition coefficient (Wildman–Crippen LogP) is 4.88. The van der Waals surface area contributed by atoms with Crippen molar-refractivity contribution in [1.82, 2.24) is 0 Å². The zero-order valence-electron chi connectivity index (χ0n) is 13.3.